The standard InChI is InChI=1S/C10H8ClIO2/c1-6-2-7(5-13)9(12)3-8(6)10(14)4-11/h2-3,5H,4H2,1H3. The van der Waals surface area contributed by atoms with Crippen molar-refractivity contribution in [2.75, 3.05) is 5.88 Å². The molecule has 4 heteroatoms. The molecule has 2 nitrogen and oxygen atoms in total. The van der Waals surface area contributed by atoms with Gasteiger partial charge in [0, 0.05) is 14.7 Å². The fraction of sp³-hybridized carbons (Fsp3) is 0.200. The van der Waals surface area contributed by atoms with E-state index in [1.807, 2.05) is 22.6 Å². The number of alkyl halides is 1. The second-order valence-corrected chi connectivity index (χ2v) is 4.29. The Kier molecular flexibility index (Phi) is 4.07. The molecule has 0 heterocycles. The number of aryl methyl sites for hydroxylation is 1. The summed E-state index contributed by atoms with van der Waals surface area (Å²) in [5.41, 5.74) is 1.99. The minimum Gasteiger partial charge on any atom is -0.298 e. The van der Waals surface area contributed by atoms with Crippen molar-refractivity contribution in [1.29, 1.82) is 0 Å². The molecule has 0 bridgehead atoms. The highest BCUT2D eigenvalue weighted by atomic mass is 127. The SMILES string of the molecule is Cc1cc(C=O)c(I)cc1C(=O)CCl. The zero-order chi connectivity index (χ0) is 10.7. The summed E-state index contributed by atoms with van der Waals surface area (Å²) in [5, 5.41) is 0. The summed E-state index contributed by atoms with van der Waals surface area (Å²) in [6.45, 7) is 1.79. The molecule has 0 spiro atoms. The van der Waals surface area contributed by atoms with Gasteiger partial charge in [-0.3, -0.25) is 9.59 Å². The Bertz CT molecular complexity index is 388. The third-order valence-electron chi connectivity index (χ3n) is 1.89. The lowest BCUT2D eigenvalue weighted by atomic mass is 10.0. The number of carbonyl (C=O) groups excluding carboxylic acids is 2. The first-order valence-corrected chi connectivity index (χ1v) is 5.56. The quantitative estimate of drug-likeness (QED) is 0.371. The lowest BCUT2D eigenvalue weighted by molar-refractivity contribution is 0.101. The Labute approximate surface area is 101 Å². The Morgan fingerprint density at radius 1 is 1.57 bits per heavy atom. The molecule has 0 aliphatic heterocycles. The molecule has 1 rings (SSSR count). The van der Waals surface area contributed by atoms with Crippen LogP contribution in [-0.4, -0.2) is 17.9 Å². The van der Waals surface area contributed by atoms with Crippen LogP contribution in [0.3, 0.4) is 0 Å². The fourth-order valence-electron chi connectivity index (χ4n) is 1.17. The summed E-state index contributed by atoms with van der Waals surface area (Å²) in [6.07, 6.45) is 0.781. The molecule has 0 saturated carbocycles. The molecule has 0 aliphatic carbocycles. The predicted octanol–water partition coefficient (Wildman–Crippen LogP) is 2.83. The van der Waals surface area contributed by atoms with Crippen molar-refractivity contribution in [3.05, 3.63) is 32.4 Å². The maximum absolute atomic E-state index is 11.4. The second kappa shape index (κ2) is 4.89. The molecule has 0 fully saturated rings. The Morgan fingerprint density at radius 2 is 2.21 bits per heavy atom. The van der Waals surface area contributed by atoms with Crippen LogP contribution >= 0.6 is 34.2 Å². The molecule has 0 aromatic heterocycles. The fourth-order valence-corrected chi connectivity index (χ4v) is 1.90. The molecule has 0 unspecified atom stereocenters. The number of hydrogen-bond donors (Lipinski definition) is 0. The molecule has 0 amide bonds. The van der Waals surface area contributed by atoms with Crippen molar-refractivity contribution >= 4 is 46.3 Å². The van der Waals surface area contributed by atoms with E-state index in [9.17, 15) is 9.59 Å². The van der Waals surface area contributed by atoms with E-state index in [1.54, 1.807) is 19.1 Å². The lowest BCUT2D eigenvalue weighted by Gasteiger charge is -2.05. The zero-order valence-electron chi connectivity index (χ0n) is 7.51. The number of Topliss-reactive ketones (excluding diaryl/α,β-unsaturated/α-hetero) is 1. The molecular formula is C10H8ClIO2. The summed E-state index contributed by atoms with van der Waals surface area (Å²) in [6, 6.07) is 3.40. The van der Waals surface area contributed by atoms with Crippen LogP contribution in [0.5, 0.6) is 0 Å². The monoisotopic (exact) mass is 322 g/mol. The van der Waals surface area contributed by atoms with Crippen LogP contribution in [0.4, 0.5) is 0 Å². The Balaban J connectivity index is 3.28. The normalized spacial score (nSPS) is 9.93. The van der Waals surface area contributed by atoms with E-state index in [4.69, 9.17) is 11.6 Å². The van der Waals surface area contributed by atoms with Crippen LogP contribution in [0.1, 0.15) is 26.3 Å². The van der Waals surface area contributed by atoms with Gasteiger partial charge in [0.25, 0.3) is 0 Å². The molecule has 0 atom stereocenters. The third kappa shape index (κ3) is 2.33. The first kappa shape index (κ1) is 11.7. The number of hydrogen-bond acceptors (Lipinski definition) is 2. The minimum absolute atomic E-state index is 0.0304. The van der Waals surface area contributed by atoms with Crippen LogP contribution in [0, 0.1) is 10.5 Å². The van der Waals surface area contributed by atoms with Gasteiger partial charge in [0.15, 0.2) is 12.1 Å². The first-order valence-electron chi connectivity index (χ1n) is 3.94. The van der Waals surface area contributed by atoms with Gasteiger partial charge in [-0.05, 0) is 47.2 Å². The van der Waals surface area contributed by atoms with E-state index >= 15 is 0 Å². The van der Waals surface area contributed by atoms with Gasteiger partial charge in [-0.15, -0.1) is 11.6 Å². The molecule has 0 aliphatic rings. The number of aldehydes is 1. The number of ketones is 1. The average Bonchev–Trinajstić information content (AvgIpc) is 2.19. The highest BCUT2D eigenvalue weighted by molar-refractivity contribution is 14.1. The van der Waals surface area contributed by atoms with E-state index in [0.717, 1.165) is 15.4 Å². The van der Waals surface area contributed by atoms with Crippen LogP contribution in [0.25, 0.3) is 0 Å². The molecular weight excluding hydrogens is 314 g/mol. The Morgan fingerprint density at radius 3 is 2.71 bits per heavy atom. The maximum atomic E-state index is 11.4. The third-order valence-corrected chi connectivity index (χ3v) is 3.07. The smallest absolute Gasteiger partial charge is 0.177 e. The number of benzene rings is 1. The van der Waals surface area contributed by atoms with E-state index in [-0.39, 0.29) is 11.7 Å². The van der Waals surface area contributed by atoms with E-state index in [2.05, 4.69) is 0 Å². The van der Waals surface area contributed by atoms with Gasteiger partial charge in [-0.25, -0.2) is 0 Å². The highest BCUT2D eigenvalue weighted by Gasteiger charge is 2.10. The van der Waals surface area contributed by atoms with Crippen molar-refractivity contribution < 1.29 is 9.59 Å². The lowest BCUT2D eigenvalue weighted by Crippen LogP contribution is -2.05. The molecule has 14 heavy (non-hydrogen) atoms. The topological polar surface area (TPSA) is 34.1 Å². The van der Waals surface area contributed by atoms with Gasteiger partial charge in [0.05, 0.1) is 5.88 Å². The first-order chi connectivity index (χ1) is 6.60. The molecule has 0 radical (unpaired) electrons. The van der Waals surface area contributed by atoms with Crippen LogP contribution < -0.4 is 0 Å². The summed E-state index contributed by atoms with van der Waals surface area (Å²) in [4.78, 5) is 22.0. The van der Waals surface area contributed by atoms with Crippen LogP contribution in [0.15, 0.2) is 12.1 Å². The number of halogens is 2. The van der Waals surface area contributed by atoms with E-state index in [1.165, 1.54) is 0 Å². The average molecular weight is 323 g/mol. The Hall–Kier alpha value is -0.420. The second-order valence-electron chi connectivity index (χ2n) is 2.86. The molecule has 1 aromatic carbocycles. The van der Waals surface area contributed by atoms with Crippen molar-refractivity contribution in [2.45, 2.75) is 6.92 Å². The molecule has 74 valence electrons. The van der Waals surface area contributed by atoms with Gasteiger partial charge in [-0.2, -0.15) is 0 Å². The van der Waals surface area contributed by atoms with Crippen LogP contribution in [0.2, 0.25) is 0 Å². The summed E-state index contributed by atoms with van der Waals surface area (Å²) in [5.74, 6) is -0.142. The highest BCUT2D eigenvalue weighted by Crippen LogP contribution is 2.18. The molecule has 0 saturated heterocycles. The van der Waals surface area contributed by atoms with Crippen molar-refractivity contribution in [3.63, 3.8) is 0 Å². The van der Waals surface area contributed by atoms with E-state index in [0.29, 0.717) is 11.1 Å². The van der Waals surface area contributed by atoms with Gasteiger partial charge in [0.1, 0.15) is 0 Å². The van der Waals surface area contributed by atoms with Gasteiger partial charge in [-0.1, -0.05) is 0 Å². The van der Waals surface area contributed by atoms with Gasteiger partial charge < -0.3 is 0 Å². The zero-order valence-corrected chi connectivity index (χ0v) is 10.4. The largest absolute Gasteiger partial charge is 0.298 e. The van der Waals surface area contributed by atoms with Gasteiger partial charge >= 0.3 is 0 Å². The van der Waals surface area contributed by atoms with E-state index < -0.39 is 0 Å². The van der Waals surface area contributed by atoms with Crippen molar-refractivity contribution in [2.24, 2.45) is 0 Å². The number of rotatable bonds is 3. The molecule has 1 aromatic rings. The number of carbonyl (C=O) groups is 2. The summed E-state index contributed by atoms with van der Waals surface area (Å²) < 4.78 is 0.775. The molecule has 0 N–H and O–H groups in total. The minimum atomic E-state index is -0.112. The summed E-state index contributed by atoms with van der Waals surface area (Å²) in [7, 11) is 0. The van der Waals surface area contributed by atoms with Gasteiger partial charge in [0.2, 0.25) is 0 Å². The summed E-state index contributed by atoms with van der Waals surface area (Å²) >= 11 is 7.49. The van der Waals surface area contributed by atoms with Crippen LogP contribution in [-0.2, 0) is 0 Å². The van der Waals surface area contributed by atoms with Crippen molar-refractivity contribution in [3.8, 4) is 0 Å². The van der Waals surface area contributed by atoms with Crippen molar-refractivity contribution in [1.82, 2.24) is 0 Å². The maximum Gasteiger partial charge on any atom is 0.177 e. The predicted molar refractivity (Wildman–Crippen MR) is 64.3 cm³/mol.